The van der Waals surface area contributed by atoms with Gasteiger partial charge in [0.15, 0.2) is 0 Å². The summed E-state index contributed by atoms with van der Waals surface area (Å²) in [5.74, 6) is 0. The van der Waals surface area contributed by atoms with Crippen molar-refractivity contribution in [2.45, 2.75) is 6.92 Å². The smallest absolute Gasteiger partial charge is 0.0927 e. The van der Waals surface area contributed by atoms with Gasteiger partial charge in [-0.3, -0.25) is 10.1 Å². The Labute approximate surface area is 140 Å². The fourth-order valence-corrected chi connectivity index (χ4v) is 2.87. The van der Waals surface area contributed by atoms with Crippen molar-refractivity contribution in [3.05, 3.63) is 83.8 Å². The summed E-state index contributed by atoms with van der Waals surface area (Å²) in [7, 11) is 0. The van der Waals surface area contributed by atoms with E-state index in [2.05, 4.69) is 70.7 Å². The quantitative estimate of drug-likeness (QED) is 0.571. The molecular formula is C21H17N3. The van der Waals surface area contributed by atoms with Gasteiger partial charge in [0.1, 0.15) is 0 Å². The number of aryl methyl sites for hydroxylation is 1. The summed E-state index contributed by atoms with van der Waals surface area (Å²) in [4.78, 5) is 4.17. The first-order valence-electron chi connectivity index (χ1n) is 7.93. The van der Waals surface area contributed by atoms with Crippen LogP contribution in [0.4, 0.5) is 0 Å². The minimum Gasteiger partial charge on any atom is -0.277 e. The van der Waals surface area contributed by atoms with Crippen LogP contribution in [0.1, 0.15) is 16.8 Å². The second kappa shape index (κ2) is 6.13. The normalized spacial score (nSPS) is 11.4. The molecular weight excluding hydrogens is 294 g/mol. The summed E-state index contributed by atoms with van der Waals surface area (Å²) < 4.78 is 0. The first kappa shape index (κ1) is 14.4. The van der Waals surface area contributed by atoms with E-state index >= 15 is 0 Å². The molecule has 3 nitrogen and oxygen atoms in total. The highest BCUT2D eigenvalue weighted by atomic mass is 15.1. The number of nitrogens with one attached hydrogen (secondary N) is 1. The van der Waals surface area contributed by atoms with Crippen LogP contribution in [0, 0.1) is 6.92 Å². The highest BCUT2D eigenvalue weighted by Crippen LogP contribution is 2.27. The Morgan fingerprint density at radius 3 is 2.67 bits per heavy atom. The van der Waals surface area contributed by atoms with Crippen LogP contribution in [0.15, 0.2) is 67.0 Å². The number of benzene rings is 2. The Balaban J connectivity index is 1.77. The number of rotatable bonds is 3. The van der Waals surface area contributed by atoms with Crippen molar-refractivity contribution in [3.8, 4) is 11.1 Å². The van der Waals surface area contributed by atoms with Gasteiger partial charge < -0.3 is 0 Å². The van der Waals surface area contributed by atoms with E-state index in [0.29, 0.717) is 0 Å². The molecule has 0 fully saturated rings. The lowest BCUT2D eigenvalue weighted by molar-refractivity contribution is 1.11. The van der Waals surface area contributed by atoms with Crippen LogP contribution in [0.2, 0.25) is 0 Å². The molecule has 2 aromatic heterocycles. The molecule has 3 heteroatoms. The molecule has 24 heavy (non-hydrogen) atoms. The first-order chi connectivity index (χ1) is 11.8. The molecule has 116 valence electrons. The molecule has 2 heterocycles. The summed E-state index contributed by atoms with van der Waals surface area (Å²) in [5, 5.41) is 8.67. The van der Waals surface area contributed by atoms with Crippen molar-refractivity contribution in [1.82, 2.24) is 15.2 Å². The van der Waals surface area contributed by atoms with E-state index in [1.807, 2.05) is 30.6 Å². The Bertz CT molecular complexity index is 1010. The van der Waals surface area contributed by atoms with E-state index < -0.39 is 0 Å². The maximum Gasteiger partial charge on any atom is 0.0927 e. The molecule has 0 amide bonds. The third kappa shape index (κ3) is 2.72. The number of aromatic nitrogens is 3. The maximum atomic E-state index is 4.44. The molecule has 4 rings (SSSR count). The molecule has 4 aromatic rings. The summed E-state index contributed by atoms with van der Waals surface area (Å²) in [6.45, 7) is 2.08. The number of aromatic amines is 1. The standard InChI is InChI=1S/C21H17N3/c1-15-14-22-12-11-18(15)17-8-10-21-19(13-17)20(23-24-21)9-7-16-5-3-2-4-6-16/h2-14H,1H3,(H,23,24). The lowest BCUT2D eigenvalue weighted by atomic mass is 10.0. The fraction of sp³-hybridized carbons (Fsp3) is 0.0476. The average Bonchev–Trinajstić information content (AvgIpc) is 3.03. The van der Waals surface area contributed by atoms with Crippen LogP contribution in [-0.4, -0.2) is 15.2 Å². The number of nitrogens with zero attached hydrogens (tertiary/aromatic N) is 2. The van der Waals surface area contributed by atoms with Gasteiger partial charge in [-0.1, -0.05) is 42.5 Å². The van der Waals surface area contributed by atoms with Crippen molar-refractivity contribution in [2.24, 2.45) is 0 Å². The van der Waals surface area contributed by atoms with Gasteiger partial charge in [0.05, 0.1) is 11.2 Å². The Morgan fingerprint density at radius 1 is 0.958 bits per heavy atom. The van der Waals surface area contributed by atoms with Gasteiger partial charge in [-0.2, -0.15) is 5.10 Å². The summed E-state index contributed by atoms with van der Waals surface area (Å²) in [5.41, 5.74) is 6.70. The van der Waals surface area contributed by atoms with Crippen LogP contribution in [0.5, 0.6) is 0 Å². The minimum atomic E-state index is 0.947. The third-order valence-corrected chi connectivity index (χ3v) is 4.16. The molecule has 0 saturated carbocycles. The zero-order chi connectivity index (χ0) is 16.4. The van der Waals surface area contributed by atoms with E-state index in [0.717, 1.165) is 22.2 Å². The van der Waals surface area contributed by atoms with Gasteiger partial charge in [0, 0.05) is 17.8 Å². The highest BCUT2D eigenvalue weighted by molar-refractivity contribution is 5.92. The Hall–Kier alpha value is -3.20. The van der Waals surface area contributed by atoms with E-state index in [1.54, 1.807) is 0 Å². The first-order valence-corrected chi connectivity index (χ1v) is 7.93. The van der Waals surface area contributed by atoms with Crippen molar-refractivity contribution in [3.63, 3.8) is 0 Å². The average molecular weight is 311 g/mol. The predicted octanol–water partition coefficient (Wildman–Crippen LogP) is 5.10. The second-order valence-corrected chi connectivity index (χ2v) is 5.80. The van der Waals surface area contributed by atoms with Crippen molar-refractivity contribution in [1.29, 1.82) is 0 Å². The van der Waals surface area contributed by atoms with Gasteiger partial charge in [-0.25, -0.2) is 0 Å². The van der Waals surface area contributed by atoms with Gasteiger partial charge in [-0.15, -0.1) is 0 Å². The molecule has 2 aromatic carbocycles. The molecule has 0 saturated heterocycles. The molecule has 0 unspecified atom stereocenters. The van der Waals surface area contributed by atoms with Crippen molar-refractivity contribution < 1.29 is 0 Å². The van der Waals surface area contributed by atoms with Gasteiger partial charge in [0.25, 0.3) is 0 Å². The zero-order valence-corrected chi connectivity index (χ0v) is 13.4. The molecule has 0 aliphatic carbocycles. The molecule has 0 aliphatic heterocycles. The fourth-order valence-electron chi connectivity index (χ4n) is 2.87. The Kier molecular flexibility index (Phi) is 3.67. The number of pyridine rings is 1. The number of H-pyrrole nitrogens is 1. The van der Waals surface area contributed by atoms with E-state index in [-0.39, 0.29) is 0 Å². The van der Waals surface area contributed by atoms with Gasteiger partial charge >= 0.3 is 0 Å². The molecule has 0 atom stereocenters. The molecule has 0 spiro atoms. The number of hydrogen-bond donors (Lipinski definition) is 1. The second-order valence-electron chi connectivity index (χ2n) is 5.80. The topological polar surface area (TPSA) is 41.6 Å². The Morgan fingerprint density at radius 2 is 1.83 bits per heavy atom. The summed E-state index contributed by atoms with van der Waals surface area (Å²) >= 11 is 0. The predicted molar refractivity (Wildman–Crippen MR) is 99.4 cm³/mol. The molecule has 0 radical (unpaired) electrons. The lowest BCUT2D eigenvalue weighted by Crippen LogP contribution is -1.84. The van der Waals surface area contributed by atoms with Gasteiger partial charge in [-0.05, 0) is 53.5 Å². The summed E-state index contributed by atoms with van der Waals surface area (Å²) in [6.07, 6.45) is 7.86. The van der Waals surface area contributed by atoms with Crippen LogP contribution >= 0.6 is 0 Å². The van der Waals surface area contributed by atoms with Crippen molar-refractivity contribution >= 4 is 23.1 Å². The molecule has 1 N–H and O–H groups in total. The number of hydrogen-bond acceptors (Lipinski definition) is 2. The zero-order valence-electron chi connectivity index (χ0n) is 13.4. The van der Waals surface area contributed by atoms with Crippen molar-refractivity contribution in [2.75, 3.05) is 0 Å². The van der Waals surface area contributed by atoms with E-state index in [4.69, 9.17) is 0 Å². The highest BCUT2D eigenvalue weighted by Gasteiger charge is 2.07. The van der Waals surface area contributed by atoms with Gasteiger partial charge in [0.2, 0.25) is 0 Å². The molecule has 0 bridgehead atoms. The monoisotopic (exact) mass is 311 g/mol. The molecule has 0 aliphatic rings. The lowest BCUT2D eigenvalue weighted by Gasteiger charge is -2.05. The van der Waals surface area contributed by atoms with Crippen LogP contribution in [-0.2, 0) is 0 Å². The van der Waals surface area contributed by atoms with E-state index in [9.17, 15) is 0 Å². The maximum absolute atomic E-state index is 4.44. The van der Waals surface area contributed by atoms with Crippen LogP contribution in [0.3, 0.4) is 0 Å². The third-order valence-electron chi connectivity index (χ3n) is 4.16. The van der Waals surface area contributed by atoms with Crippen LogP contribution in [0.25, 0.3) is 34.2 Å². The SMILES string of the molecule is Cc1cnccc1-c1ccc2[nH]nc(C=Cc3ccccc3)c2c1. The summed E-state index contributed by atoms with van der Waals surface area (Å²) in [6, 6.07) is 18.7. The minimum absolute atomic E-state index is 0.947. The van der Waals surface area contributed by atoms with Crippen LogP contribution < -0.4 is 0 Å². The number of fused-ring (bicyclic) bond motifs is 1. The van der Waals surface area contributed by atoms with E-state index in [1.165, 1.54) is 16.7 Å². The largest absolute Gasteiger partial charge is 0.277 e.